The molecular formula is C9H20BN. The Hall–Kier alpha value is 0.0249. The molecule has 0 radical (unpaired) electrons. The molecule has 0 N–H and O–H groups in total. The third-order valence-corrected chi connectivity index (χ3v) is 2.66. The van der Waals surface area contributed by atoms with Crippen LogP contribution in [0, 0.1) is 0 Å². The molecular weight excluding hydrogens is 133 g/mol. The summed E-state index contributed by atoms with van der Waals surface area (Å²) < 4.78 is 0. The Bertz CT molecular complexity index is 128. The monoisotopic (exact) mass is 153 g/mol. The van der Waals surface area contributed by atoms with E-state index in [1.165, 1.54) is 25.7 Å². The van der Waals surface area contributed by atoms with Crippen LogP contribution in [0.5, 0.6) is 0 Å². The zero-order valence-corrected chi connectivity index (χ0v) is 8.35. The third kappa shape index (κ3) is 2.23. The van der Waals surface area contributed by atoms with E-state index >= 15 is 0 Å². The summed E-state index contributed by atoms with van der Waals surface area (Å²) in [5.41, 5.74) is 0.375. The average Bonchev–Trinajstić information content (AvgIpc) is 1.86. The molecule has 1 rings (SSSR count). The molecule has 0 atom stereocenters. The molecule has 1 aliphatic rings. The van der Waals surface area contributed by atoms with E-state index in [4.69, 9.17) is 0 Å². The maximum absolute atomic E-state index is 2.62. The highest BCUT2D eigenvalue weighted by atomic mass is 15.1. The number of nitrogens with zero attached hydrogens (tertiary/aromatic N) is 1. The van der Waals surface area contributed by atoms with Gasteiger partial charge in [-0.1, -0.05) is 19.6 Å². The number of hydrogen-bond donors (Lipinski definition) is 0. The van der Waals surface area contributed by atoms with Gasteiger partial charge in [-0.15, -0.1) is 0 Å². The van der Waals surface area contributed by atoms with E-state index in [0.29, 0.717) is 5.54 Å². The van der Waals surface area contributed by atoms with E-state index in [2.05, 4.69) is 32.4 Å². The van der Waals surface area contributed by atoms with Crippen LogP contribution in [0.15, 0.2) is 0 Å². The van der Waals surface area contributed by atoms with Gasteiger partial charge in [-0.2, -0.15) is 0 Å². The Balaban J connectivity index is 2.55. The predicted octanol–water partition coefficient (Wildman–Crippen LogP) is 2.50. The van der Waals surface area contributed by atoms with Gasteiger partial charge in [-0.3, -0.25) is 0 Å². The summed E-state index contributed by atoms with van der Waals surface area (Å²) in [7, 11) is 0. The molecule has 0 unspecified atom stereocenters. The molecule has 0 amide bonds. The van der Waals surface area contributed by atoms with E-state index in [9.17, 15) is 0 Å². The largest absolute Gasteiger partial charge is 0.337 e. The van der Waals surface area contributed by atoms with Crippen LogP contribution in [-0.4, -0.2) is 23.7 Å². The van der Waals surface area contributed by atoms with Crippen LogP contribution in [0.25, 0.3) is 0 Å². The molecule has 0 aliphatic carbocycles. The van der Waals surface area contributed by atoms with E-state index in [1.807, 2.05) is 0 Å². The Morgan fingerprint density at radius 3 is 2.18 bits per heavy atom. The molecule has 0 aromatic carbocycles. The van der Waals surface area contributed by atoms with Crippen molar-refractivity contribution in [1.82, 2.24) is 4.81 Å². The van der Waals surface area contributed by atoms with Crippen molar-refractivity contribution >= 4 is 6.85 Å². The fourth-order valence-corrected chi connectivity index (χ4v) is 2.09. The molecule has 1 saturated heterocycles. The van der Waals surface area contributed by atoms with Gasteiger partial charge in [0, 0.05) is 5.54 Å². The molecule has 11 heavy (non-hydrogen) atoms. The average molecular weight is 153 g/mol. The zero-order valence-electron chi connectivity index (χ0n) is 8.35. The minimum absolute atomic E-state index is 0.375. The van der Waals surface area contributed by atoms with Gasteiger partial charge in [0.1, 0.15) is 0 Å². The first-order valence-corrected chi connectivity index (χ1v) is 4.78. The fraction of sp³-hybridized carbons (Fsp3) is 1.00. The van der Waals surface area contributed by atoms with Crippen molar-refractivity contribution in [1.29, 1.82) is 0 Å². The Labute approximate surface area is 71.3 Å². The van der Waals surface area contributed by atoms with E-state index in [1.54, 1.807) is 0 Å². The summed E-state index contributed by atoms with van der Waals surface area (Å²) in [6.45, 7) is 11.4. The highest BCUT2D eigenvalue weighted by Crippen LogP contribution is 2.23. The van der Waals surface area contributed by atoms with Gasteiger partial charge >= 0.3 is 0 Å². The first kappa shape index (κ1) is 9.12. The molecule has 0 saturated carbocycles. The Morgan fingerprint density at radius 2 is 1.82 bits per heavy atom. The Kier molecular flexibility index (Phi) is 2.63. The normalized spacial score (nSPS) is 22.4. The quantitative estimate of drug-likeness (QED) is 0.483. The minimum atomic E-state index is 0.375. The molecule has 0 bridgehead atoms. The lowest BCUT2D eigenvalue weighted by Gasteiger charge is -2.42. The van der Waals surface area contributed by atoms with Gasteiger partial charge in [-0.25, -0.2) is 0 Å². The summed E-state index contributed by atoms with van der Waals surface area (Å²) in [6, 6.07) is 0. The standard InChI is InChI=1S/C9H20BN/c1-9(2,3)11-8-6-5-7-10(11)4/h5-8H2,1-4H3. The lowest BCUT2D eigenvalue weighted by molar-refractivity contribution is 0.232. The first-order valence-electron chi connectivity index (χ1n) is 4.78. The molecule has 1 fully saturated rings. The molecule has 2 heteroatoms. The van der Waals surface area contributed by atoms with Crippen molar-refractivity contribution in [2.45, 2.75) is 52.3 Å². The third-order valence-electron chi connectivity index (χ3n) is 2.66. The van der Waals surface area contributed by atoms with Crippen molar-refractivity contribution < 1.29 is 0 Å². The summed E-state index contributed by atoms with van der Waals surface area (Å²) in [5, 5.41) is 0. The molecule has 0 spiro atoms. The van der Waals surface area contributed by atoms with Crippen molar-refractivity contribution in [3.8, 4) is 0 Å². The van der Waals surface area contributed by atoms with Crippen LogP contribution in [0.1, 0.15) is 33.6 Å². The van der Waals surface area contributed by atoms with Gasteiger partial charge in [0.2, 0.25) is 6.85 Å². The van der Waals surface area contributed by atoms with Gasteiger partial charge in [-0.05, 0) is 33.7 Å². The van der Waals surface area contributed by atoms with Gasteiger partial charge in [0.05, 0.1) is 0 Å². The van der Waals surface area contributed by atoms with Gasteiger partial charge < -0.3 is 4.81 Å². The van der Waals surface area contributed by atoms with Crippen LogP contribution in [0.2, 0.25) is 13.1 Å². The van der Waals surface area contributed by atoms with Crippen LogP contribution >= 0.6 is 0 Å². The summed E-state index contributed by atoms with van der Waals surface area (Å²) in [4.78, 5) is 2.62. The predicted molar refractivity (Wildman–Crippen MR) is 52.1 cm³/mol. The van der Waals surface area contributed by atoms with Gasteiger partial charge in [0.25, 0.3) is 0 Å². The minimum Gasteiger partial charge on any atom is -0.337 e. The fourth-order valence-electron chi connectivity index (χ4n) is 2.09. The highest BCUT2D eigenvalue weighted by molar-refractivity contribution is 6.54. The van der Waals surface area contributed by atoms with Crippen molar-refractivity contribution in [2.24, 2.45) is 0 Å². The van der Waals surface area contributed by atoms with E-state index in [0.717, 1.165) is 6.85 Å². The topological polar surface area (TPSA) is 3.24 Å². The summed E-state index contributed by atoms with van der Waals surface area (Å²) in [5.74, 6) is 0. The SMILES string of the molecule is CB1CCCCN1C(C)(C)C. The molecule has 1 aliphatic heterocycles. The maximum Gasteiger partial charge on any atom is 0.220 e. The van der Waals surface area contributed by atoms with Crippen molar-refractivity contribution in [3.05, 3.63) is 0 Å². The molecule has 64 valence electrons. The van der Waals surface area contributed by atoms with Gasteiger partial charge in [0.15, 0.2) is 0 Å². The second-order valence-electron chi connectivity index (χ2n) is 4.71. The van der Waals surface area contributed by atoms with Crippen molar-refractivity contribution in [2.75, 3.05) is 6.54 Å². The second-order valence-corrected chi connectivity index (χ2v) is 4.71. The smallest absolute Gasteiger partial charge is 0.220 e. The molecule has 1 nitrogen and oxygen atoms in total. The Morgan fingerprint density at radius 1 is 1.18 bits per heavy atom. The second kappa shape index (κ2) is 3.18. The lowest BCUT2D eigenvalue weighted by atomic mass is 9.55. The summed E-state index contributed by atoms with van der Waals surface area (Å²) >= 11 is 0. The van der Waals surface area contributed by atoms with Crippen LogP contribution in [0.4, 0.5) is 0 Å². The van der Waals surface area contributed by atoms with Crippen LogP contribution in [0.3, 0.4) is 0 Å². The number of rotatable bonds is 0. The molecule has 1 heterocycles. The first-order chi connectivity index (χ1) is 5.02. The van der Waals surface area contributed by atoms with E-state index < -0.39 is 0 Å². The van der Waals surface area contributed by atoms with Crippen molar-refractivity contribution in [3.63, 3.8) is 0 Å². The summed E-state index contributed by atoms with van der Waals surface area (Å²) in [6.07, 6.45) is 4.20. The highest BCUT2D eigenvalue weighted by Gasteiger charge is 2.29. The van der Waals surface area contributed by atoms with Crippen LogP contribution in [-0.2, 0) is 0 Å². The van der Waals surface area contributed by atoms with Crippen LogP contribution < -0.4 is 0 Å². The zero-order chi connectivity index (χ0) is 8.48. The molecule has 0 aromatic rings. The lowest BCUT2D eigenvalue weighted by Crippen LogP contribution is -2.51. The number of hydrogen-bond acceptors (Lipinski definition) is 1. The molecule has 0 aromatic heterocycles. The maximum atomic E-state index is 2.62. The van der Waals surface area contributed by atoms with E-state index in [-0.39, 0.29) is 0 Å².